The van der Waals surface area contributed by atoms with E-state index in [0.717, 1.165) is 55.7 Å². The zero-order valence-electron chi connectivity index (χ0n) is 32.8. The minimum Gasteiger partial charge on any atom is -0.455 e. The lowest BCUT2D eigenvalue weighted by molar-refractivity contribution is 0.660. The number of benzene rings is 8. The van der Waals surface area contributed by atoms with Gasteiger partial charge in [0.05, 0.1) is 0 Å². The summed E-state index contributed by atoms with van der Waals surface area (Å²) in [5, 5.41) is 7.25. The number of rotatable bonds is 7. The molecule has 1 aromatic heterocycles. The first kappa shape index (κ1) is 34.8. The Labute approximate surface area is 344 Å². The second-order valence-corrected chi connectivity index (χ2v) is 15.8. The van der Waals surface area contributed by atoms with E-state index in [4.69, 9.17) is 11.0 Å². The van der Waals surface area contributed by atoms with Crippen LogP contribution in [0.1, 0.15) is 24.0 Å². The first-order valence-electron chi connectivity index (χ1n) is 20.4. The van der Waals surface area contributed by atoms with Crippen molar-refractivity contribution in [3.05, 3.63) is 235 Å². The molecule has 9 aromatic rings. The van der Waals surface area contributed by atoms with E-state index >= 15 is 0 Å². The largest absolute Gasteiger partial charge is 0.455 e. The molecule has 2 aliphatic rings. The Bertz CT molecular complexity index is 3260. The minimum absolute atomic E-state index is 0.261. The van der Waals surface area contributed by atoms with Crippen LogP contribution >= 0.6 is 0 Å². The lowest BCUT2D eigenvalue weighted by atomic mass is 9.71. The van der Waals surface area contributed by atoms with E-state index in [1.165, 1.54) is 49.4 Å². The molecule has 0 bridgehead atoms. The molecule has 2 nitrogen and oxygen atoms in total. The van der Waals surface area contributed by atoms with E-state index in [9.17, 15) is 0 Å². The third kappa shape index (κ3) is 5.96. The van der Waals surface area contributed by atoms with Crippen LogP contribution in [0, 0.1) is 5.92 Å². The maximum Gasteiger partial charge on any atom is 0.143 e. The molecule has 59 heavy (non-hydrogen) atoms. The molecule has 0 saturated carbocycles. The van der Waals surface area contributed by atoms with Crippen LogP contribution in [-0.2, 0) is 0 Å². The van der Waals surface area contributed by atoms with Gasteiger partial charge in [0.25, 0.3) is 0 Å². The van der Waals surface area contributed by atoms with Crippen molar-refractivity contribution in [1.82, 2.24) is 0 Å². The smallest absolute Gasteiger partial charge is 0.143 e. The maximum atomic E-state index is 6.45. The maximum absolute atomic E-state index is 6.45. The van der Waals surface area contributed by atoms with Gasteiger partial charge in [0.1, 0.15) is 11.2 Å². The highest BCUT2D eigenvalue weighted by atomic mass is 16.3. The molecule has 1 heterocycles. The summed E-state index contributed by atoms with van der Waals surface area (Å²) in [5.74, 6) is 0.568. The number of hydrogen-bond donors (Lipinski definition) is 0. The highest BCUT2D eigenvalue weighted by Gasteiger charge is 2.30. The standard InChI is InChI=1S/C57H41NO/c1-37(54-35-41-15-3-5-19-45(41)48-21-7-9-23-50(48)54)33-38(2)58(43-31-29-39(30-32-43)47-26-14-27-53-52-25-11-12-28-56(52)59-57(47)53)44-18-13-17-40(34-44)55-36-42-16-4-6-20-46(42)49-22-8-10-24-51(49)55/h3-36,48,50H,2H2,1H3/b37-33+. The minimum atomic E-state index is 0.261. The fourth-order valence-corrected chi connectivity index (χ4v) is 9.54. The first-order valence-corrected chi connectivity index (χ1v) is 20.4. The van der Waals surface area contributed by atoms with Crippen molar-refractivity contribution in [2.75, 3.05) is 4.90 Å². The number of hydrogen-bond acceptors (Lipinski definition) is 2. The number of para-hydroxylation sites is 2. The van der Waals surface area contributed by atoms with E-state index in [1.807, 2.05) is 12.1 Å². The molecule has 0 spiro atoms. The molecule has 0 radical (unpaired) electrons. The van der Waals surface area contributed by atoms with Crippen LogP contribution < -0.4 is 4.90 Å². The van der Waals surface area contributed by atoms with Crippen molar-refractivity contribution in [1.29, 1.82) is 0 Å². The molecule has 2 atom stereocenters. The van der Waals surface area contributed by atoms with Crippen LogP contribution in [0.25, 0.3) is 71.8 Å². The predicted molar refractivity (Wildman–Crippen MR) is 250 cm³/mol. The molecule has 0 fully saturated rings. The molecule has 11 rings (SSSR count). The quantitative estimate of drug-likeness (QED) is 0.119. The van der Waals surface area contributed by atoms with Gasteiger partial charge >= 0.3 is 0 Å². The molecule has 0 aliphatic heterocycles. The van der Waals surface area contributed by atoms with E-state index in [1.54, 1.807) is 0 Å². The summed E-state index contributed by atoms with van der Waals surface area (Å²) in [5.41, 5.74) is 14.5. The Morgan fingerprint density at radius 2 is 1.25 bits per heavy atom. The lowest BCUT2D eigenvalue weighted by Crippen LogP contribution is -2.20. The van der Waals surface area contributed by atoms with Gasteiger partial charge in [-0.25, -0.2) is 0 Å². The Hall–Kier alpha value is -7.42. The molecule has 280 valence electrons. The average molecular weight is 756 g/mol. The first-order chi connectivity index (χ1) is 29.1. The number of allylic oxidation sites excluding steroid dienone is 7. The van der Waals surface area contributed by atoms with Gasteiger partial charge in [0, 0.05) is 45.2 Å². The van der Waals surface area contributed by atoms with Gasteiger partial charge in [-0.1, -0.05) is 170 Å². The average Bonchev–Trinajstić information content (AvgIpc) is 3.68. The van der Waals surface area contributed by atoms with E-state index in [-0.39, 0.29) is 5.92 Å². The second kappa shape index (κ2) is 14.2. The third-order valence-electron chi connectivity index (χ3n) is 12.3. The van der Waals surface area contributed by atoms with Crippen LogP contribution in [-0.4, -0.2) is 0 Å². The molecule has 0 N–H and O–H groups in total. The second-order valence-electron chi connectivity index (χ2n) is 15.8. The number of furan rings is 1. The van der Waals surface area contributed by atoms with Crippen molar-refractivity contribution in [3.8, 4) is 22.3 Å². The molecule has 2 heteroatoms. The third-order valence-corrected chi connectivity index (χ3v) is 12.3. The summed E-state index contributed by atoms with van der Waals surface area (Å²) in [6, 6.07) is 61.0. The van der Waals surface area contributed by atoms with E-state index < -0.39 is 0 Å². The van der Waals surface area contributed by atoms with Crippen LogP contribution in [0.5, 0.6) is 0 Å². The number of fused-ring (bicyclic) bond motifs is 9. The van der Waals surface area contributed by atoms with Crippen molar-refractivity contribution in [2.45, 2.75) is 12.8 Å². The van der Waals surface area contributed by atoms with Crippen molar-refractivity contribution in [3.63, 3.8) is 0 Å². The Balaban J connectivity index is 1.04. The summed E-state index contributed by atoms with van der Waals surface area (Å²) in [6.07, 6.45) is 13.7. The van der Waals surface area contributed by atoms with Crippen LogP contribution in [0.3, 0.4) is 0 Å². The van der Waals surface area contributed by atoms with E-state index in [0.29, 0.717) is 5.92 Å². The van der Waals surface area contributed by atoms with Gasteiger partial charge in [-0.15, -0.1) is 0 Å². The van der Waals surface area contributed by atoms with Gasteiger partial charge < -0.3 is 9.32 Å². The van der Waals surface area contributed by atoms with Gasteiger partial charge in [0.2, 0.25) is 0 Å². The fourth-order valence-electron chi connectivity index (χ4n) is 9.54. The zero-order valence-corrected chi connectivity index (χ0v) is 32.8. The number of nitrogens with zero attached hydrogens (tertiary/aromatic N) is 1. The monoisotopic (exact) mass is 755 g/mol. The van der Waals surface area contributed by atoms with Crippen molar-refractivity contribution >= 4 is 60.9 Å². The number of anilines is 2. The summed E-state index contributed by atoms with van der Waals surface area (Å²) < 4.78 is 6.45. The topological polar surface area (TPSA) is 16.4 Å². The summed E-state index contributed by atoms with van der Waals surface area (Å²) >= 11 is 0. The summed E-state index contributed by atoms with van der Waals surface area (Å²) in [4.78, 5) is 2.30. The summed E-state index contributed by atoms with van der Waals surface area (Å²) in [6.45, 7) is 7.04. The van der Waals surface area contributed by atoms with Gasteiger partial charge in [-0.3, -0.25) is 0 Å². The highest BCUT2D eigenvalue weighted by Crippen LogP contribution is 2.45. The highest BCUT2D eigenvalue weighted by molar-refractivity contribution is 6.14. The SMILES string of the molecule is C=C(/C=C(\C)C1=Cc2ccccc2C2C=CC=CC12)N(c1ccc(-c2cccc3c2oc2ccccc23)cc1)c1cccc(-c2cc3ccccc3c3ccccc23)c1. The lowest BCUT2D eigenvalue weighted by Gasteiger charge is -2.33. The van der Waals surface area contributed by atoms with Gasteiger partial charge in [-0.05, 0) is 110 Å². The molecule has 0 amide bonds. The summed E-state index contributed by atoms with van der Waals surface area (Å²) in [7, 11) is 0. The predicted octanol–water partition coefficient (Wildman–Crippen LogP) is 15.7. The Morgan fingerprint density at radius 1 is 0.559 bits per heavy atom. The van der Waals surface area contributed by atoms with Crippen LogP contribution in [0.4, 0.5) is 11.4 Å². The van der Waals surface area contributed by atoms with Gasteiger partial charge in [0.15, 0.2) is 0 Å². The normalized spacial score (nSPS) is 16.0. The molecule has 2 aliphatic carbocycles. The van der Waals surface area contributed by atoms with E-state index in [2.05, 4.69) is 206 Å². The van der Waals surface area contributed by atoms with Crippen LogP contribution in [0.15, 0.2) is 228 Å². The van der Waals surface area contributed by atoms with Crippen molar-refractivity contribution in [2.24, 2.45) is 5.92 Å². The molecular weight excluding hydrogens is 715 g/mol. The molecule has 8 aromatic carbocycles. The fraction of sp³-hybridized carbons (Fsp3) is 0.0526. The van der Waals surface area contributed by atoms with Crippen LogP contribution in [0.2, 0.25) is 0 Å². The Morgan fingerprint density at radius 3 is 2.12 bits per heavy atom. The molecule has 0 saturated heterocycles. The van der Waals surface area contributed by atoms with Gasteiger partial charge in [-0.2, -0.15) is 0 Å². The molecule has 2 unspecified atom stereocenters. The molecular formula is C57H41NO. The zero-order chi connectivity index (χ0) is 39.5. The Kier molecular flexibility index (Phi) is 8.37. The van der Waals surface area contributed by atoms with Crippen molar-refractivity contribution < 1.29 is 4.42 Å².